The molecule has 0 N–H and O–H groups in total. The van der Waals surface area contributed by atoms with Crippen LogP contribution in [-0.4, -0.2) is 13.1 Å². The van der Waals surface area contributed by atoms with Gasteiger partial charge in [-0.1, -0.05) is 18.2 Å². The molecule has 0 aromatic heterocycles. The maximum Gasteiger partial charge on any atom is 0.344 e. The Kier molecular flexibility index (Phi) is 5.34. The van der Waals surface area contributed by atoms with Gasteiger partial charge in [0.2, 0.25) is 0 Å². The molecular formula is C17H12BrNO3. The molecule has 22 heavy (non-hydrogen) atoms. The Morgan fingerprint density at radius 2 is 2.00 bits per heavy atom. The lowest BCUT2D eigenvalue weighted by molar-refractivity contribution is 0.0729. The third-order valence-electron chi connectivity index (χ3n) is 2.83. The van der Waals surface area contributed by atoms with Gasteiger partial charge in [0.15, 0.2) is 11.5 Å². The highest BCUT2D eigenvalue weighted by molar-refractivity contribution is 9.10. The summed E-state index contributed by atoms with van der Waals surface area (Å²) in [6.45, 7) is 0. The number of carbonyl (C=O) groups excluding carboxylic acids is 1. The normalized spacial score (nSPS) is 10.2. The van der Waals surface area contributed by atoms with Crippen LogP contribution in [0.15, 0.2) is 53.0 Å². The molecule has 0 aliphatic carbocycles. The van der Waals surface area contributed by atoms with E-state index in [1.807, 2.05) is 12.1 Å². The van der Waals surface area contributed by atoms with E-state index >= 15 is 0 Å². The van der Waals surface area contributed by atoms with Crippen molar-refractivity contribution >= 4 is 28.0 Å². The van der Waals surface area contributed by atoms with Crippen LogP contribution in [0.3, 0.4) is 0 Å². The van der Waals surface area contributed by atoms with E-state index < -0.39 is 5.97 Å². The van der Waals surface area contributed by atoms with Crippen molar-refractivity contribution in [3.63, 3.8) is 0 Å². The molecule has 0 spiro atoms. The molecule has 0 saturated carbocycles. The van der Waals surface area contributed by atoms with Crippen LogP contribution in [0.5, 0.6) is 11.5 Å². The summed E-state index contributed by atoms with van der Waals surface area (Å²) in [7, 11) is 1.49. The molecule has 0 bridgehead atoms. The van der Waals surface area contributed by atoms with Crippen LogP contribution in [0.25, 0.3) is 6.08 Å². The van der Waals surface area contributed by atoms with Crippen molar-refractivity contribution in [3.05, 3.63) is 64.1 Å². The molecule has 4 nitrogen and oxygen atoms in total. The monoisotopic (exact) mass is 357 g/mol. The predicted molar refractivity (Wildman–Crippen MR) is 86.7 cm³/mol. The lowest BCUT2D eigenvalue weighted by Crippen LogP contribution is -2.10. The molecule has 0 aliphatic rings. The maximum atomic E-state index is 12.2. The number of rotatable bonds is 4. The molecule has 5 heteroatoms. The first-order valence-electron chi connectivity index (χ1n) is 6.36. The van der Waals surface area contributed by atoms with Gasteiger partial charge in [0, 0.05) is 10.5 Å². The zero-order valence-corrected chi connectivity index (χ0v) is 13.3. The average molecular weight is 358 g/mol. The van der Waals surface area contributed by atoms with Crippen molar-refractivity contribution < 1.29 is 14.3 Å². The number of esters is 1. The molecule has 0 atom stereocenters. The molecule has 0 unspecified atom stereocenters. The maximum absolute atomic E-state index is 12.2. The number of carbonyl (C=O) groups is 1. The molecule has 0 saturated heterocycles. The van der Waals surface area contributed by atoms with Crippen molar-refractivity contribution in [2.75, 3.05) is 7.11 Å². The van der Waals surface area contributed by atoms with E-state index in [0.29, 0.717) is 21.5 Å². The quantitative estimate of drug-likeness (QED) is 0.467. The van der Waals surface area contributed by atoms with E-state index in [1.54, 1.807) is 42.5 Å². The van der Waals surface area contributed by atoms with Crippen LogP contribution >= 0.6 is 15.9 Å². The Morgan fingerprint density at radius 3 is 2.68 bits per heavy atom. The molecule has 0 amide bonds. The zero-order valence-electron chi connectivity index (χ0n) is 11.7. The summed E-state index contributed by atoms with van der Waals surface area (Å²) in [6, 6.07) is 14.0. The van der Waals surface area contributed by atoms with Gasteiger partial charge in [0.05, 0.1) is 18.7 Å². The average Bonchev–Trinajstić information content (AvgIpc) is 2.54. The predicted octanol–water partition coefficient (Wildman–Crippen LogP) is 4.21. The lowest BCUT2D eigenvalue weighted by Gasteiger charge is -2.10. The molecule has 2 aromatic rings. The summed E-state index contributed by atoms with van der Waals surface area (Å²) >= 11 is 3.31. The summed E-state index contributed by atoms with van der Waals surface area (Å²) in [5, 5.41) is 8.54. The number of ether oxygens (including phenoxy) is 2. The Morgan fingerprint density at radius 1 is 1.23 bits per heavy atom. The van der Waals surface area contributed by atoms with Crippen LogP contribution in [0.2, 0.25) is 0 Å². The number of methoxy groups -OCH3 is 1. The van der Waals surface area contributed by atoms with E-state index in [4.69, 9.17) is 14.7 Å². The third-order valence-corrected chi connectivity index (χ3v) is 3.53. The van der Waals surface area contributed by atoms with Crippen LogP contribution in [0.1, 0.15) is 15.9 Å². The summed E-state index contributed by atoms with van der Waals surface area (Å²) in [5.41, 5.74) is 1.21. The first kappa shape index (κ1) is 15.8. The third kappa shape index (κ3) is 3.74. The molecule has 0 radical (unpaired) electrons. The standard InChI is InChI=1S/C17H12BrNO3/c1-21-16-11-12(5-4-10-19)8-9-15(16)22-17(20)13-6-2-3-7-14(13)18/h2-9,11H,1H3/b5-4-. The van der Waals surface area contributed by atoms with Gasteiger partial charge in [0.25, 0.3) is 0 Å². The van der Waals surface area contributed by atoms with Gasteiger partial charge < -0.3 is 9.47 Å². The number of nitriles is 1. The van der Waals surface area contributed by atoms with E-state index in [2.05, 4.69) is 15.9 Å². The van der Waals surface area contributed by atoms with Gasteiger partial charge in [-0.2, -0.15) is 5.26 Å². The number of benzene rings is 2. The number of hydrogen-bond acceptors (Lipinski definition) is 4. The van der Waals surface area contributed by atoms with Crippen LogP contribution < -0.4 is 9.47 Å². The van der Waals surface area contributed by atoms with Crippen LogP contribution in [-0.2, 0) is 0 Å². The Balaban J connectivity index is 2.26. The van der Waals surface area contributed by atoms with Crippen molar-refractivity contribution in [3.8, 4) is 17.6 Å². The minimum absolute atomic E-state index is 0.317. The minimum Gasteiger partial charge on any atom is -0.493 e. The first-order valence-corrected chi connectivity index (χ1v) is 7.16. The molecular weight excluding hydrogens is 346 g/mol. The fraction of sp³-hybridized carbons (Fsp3) is 0.0588. The Hall–Kier alpha value is -2.58. The second-order valence-electron chi connectivity index (χ2n) is 4.24. The molecule has 0 fully saturated rings. The smallest absolute Gasteiger partial charge is 0.344 e. The number of allylic oxidation sites excluding steroid dienone is 1. The van der Waals surface area contributed by atoms with Gasteiger partial charge in [0.1, 0.15) is 0 Å². The SMILES string of the molecule is COc1cc(/C=C\C#N)ccc1OC(=O)c1ccccc1Br. The van der Waals surface area contributed by atoms with Crippen molar-refractivity contribution in [2.24, 2.45) is 0 Å². The van der Waals surface area contributed by atoms with Gasteiger partial charge in [-0.15, -0.1) is 0 Å². The second-order valence-corrected chi connectivity index (χ2v) is 5.10. The van der Waals surface area contributed by atoms with Crippen LogP contribution in [0, 0.1) is 11.3 Å². The number of halogens is 1. The highest BCUT2D eigenvalue weighted by Gasteiger charge is 2.14. The Bertz CT molecular complexity index is 763. The zero-order chi connectivity index (χ0) is 15.9. The highest BCUT2D eigenvalue weighted by Crippen LogP contribution is 2.30. The molecule has 2 rings (SSSR count). The second kappa shape index (κ2) is 7.43. The Labute approximate surface area is 136 Å². The highest BCUT2D eigenvalue weighted by atomic mass is 79.9. The summed E-state index contributed by atoms with van der Waals surface area (Å²) < 4.78 is 11.3. The van der Waals surface area contributed by atoms with E-state index in [-0.39, 0.29) is 0 Å². The van der Waals surface area contributed by atoms with Gasteiger partial charge in [-0.05, 0) is 51.8 Å². The fourth-order valence-electron chi connectivity index (χ4n) is 1.79. The van der Waals surface area contributed by atoms with Gasteiger partial charge >= 0.3 is 5.97 Å². The summed E-state index contributed by atoms with van der Waals surface area (Å²) in [4.78, 5) is 12.2. The van der Waals surface area contributed by atoms with Gasteiger partial charge in [-0.25, -0.2) is 4.79 Å². The number of hydrogen-bond donors (Lipinski definition) is 0. The minimum atomic E-state index is -0.480. The molecule has 110 valence electrons. The van der Waals surface area contributed by atoms with Crippen LogP contribution in [0.4, 0.5) is 0 Å². The summed E-state index contributed by atoms with van der Waals surface area (Å²) in [6.07, 6.45) is 3.00. The topological polar surface area (TPSA) is 59.3 Å². The fourth-order valence-corrected chi connectivity index (χ4v) is 2.23. The van der Waals surface area contributed by atoms with Gasteiger partial charge in [-0.3, -0.25) is 0 Å². The van der Waals surface area contributed by atoms with E-state index in [9.17, 15) is 4.79 Å². The molecule has 0 heterocycles. The molecule has 0 aliphatic heterocycles. The van der Waals surface area contributed by atoms with Crippen molar-refractivity contribution in [2.45, 2.75) is 0 Å². The summed E-state index contributed by atoms with van der Waals surface area (Å²) in [5.74, 6) is 0.254. The number of nitrogens with zero attached hydrogens (tertiary/aromatic N) is 1. The molecule has 2 aromatic carbocycles. The van der Waals surface area contributed by atoms with E-state index in [0.717, 1.165) is 5.56 Å². The first-order chi connectivity index (χ1) is 10.7. The van der Waals surface area contributed by atoms with Crippen molar-refractivity contribution in [1.82, 2.24) is 0 Å². The lowest BCUT2D eigenvalue weighted by atomic mass is 10.2. The van der Waals surface area contributed by atoms with Crippen molar-refractivity contribution in [1.29, 1.82) is 5.26 Å². The van der Waals surface area contributed by atoms with E-state index in [1.165, 1.54) is 13.2 Å². The largest absolute Gasteiger partial charge is 0.493 e.